The zero-order valence-electron chi connectivity index (χ0n) is 19.0. The molecule has 0 bridgehead atoms. The summed E-state index contributed by atoms with van der Waals surface area (Å²) in [5, 5.41) is 14.8. The molecule has 2 unspecified atom stereocenters. The Kier molecular flexibility index (Phi) is 5.10. The van der Waals surface area contributed by atoms with Gasteiger partial charge in [0.2, 0.25) is 0 Å². The lowest BCUT2D eigenvalue weighted by Gasteiger charge is -2.33. The molecule has 174 valence electrons. The van der Waals surface area contributed by atoms with Crippen molar-refractivity contribution in [1.82, 2.24) is 20.0 Å². The summed E-state index contributed by atoms with van der Waals surface area (Å²) < 4.78 is 0. The number of rotatable bonds is 6. The predicted octanol–water partition coefficient (Wildman–Crippen LogP) is 3.14. The summed E-state index contributed by atoms with van der Waals surface area (Å²) in [6.07, 6.45) is 4.62. The third-order valence-corrected chi connectivity index (χ3v) is 7.30. The molecule has 0 spiro atoms. The maximum absolute atomic E-state index is 12.8. The minimum Gasteiger partial charge on any atom is -0.361 e. The van der Waals surface area contributed by atoms with Gasteiger partial charge in [-0.1, -0.05) is 36.4 Å². The van der Waals surface area contributed by atoms with Gasteiger partial charge in [-0.2, -0.15) is 0 Å². The second-order valence-electron chi connectivity index (χ2n) is 9.37. The third-order valence-electron chi connectivity index (χ3n) is 7.30. The van der Waals surface area contributed by atoms with Crippen LogP contribution in [0.5, 0.6) is 0 Å². The number of urea groups is 1. The van der Waals surface area contributed by atoms with E-state index in [0.29, 0.717) is 17.9 Å². The maximum atomic E-state index is 12.8. The number of amidine groups is 1. The average Bonchev–Trinajstić information content (AvgIpc) is 3.52. The van der Waals surface area contributed by atoms with Crippen LogP contribution in [0.15, 0.2) is 54.7 Å². The predicted molar refractivity (Wildman–Crippen MR) is 131 cm³/mol. The van der Waals surface area contributed by atoms with E-state index in [1.165, 1.54) is 0 Å². The first-order valence-corrected chi connectivity index (χ1v) is 12.0. The van der Waals surface area contributed by atoms with Gasteiger partial charge in [-0.25, -0.2) is 4.79 Å². The Balaban J connectivity index is 1.02. The van der Waals surface area contributed by atoms with Crippen LogP contribution in [0.2, 0.25) is 0 Å². The lowest BCUT2D eigenvalue weighted by molar-refractivity contribution is 0.0857. The van der Waals surface area contributed by atoms with Crippen molar-refractivity contribution in [2.45, 2.75) is 31.5 Å². The molecule has 8 heteroatoms. The summed E-state index contributed by atoms with van der Waals surface area (Å²) in [5.74, 6) is 0.250. The summed E-state index contributed by atoms with van der Waals surface area (Å²) >= 11 is 0. The van der Waals surface area contributed by atoms with Crippen molar-refractivity contribution in [2.75, 3.05) is 31.5 Å². The van der Waals surface area contributed by atoms with E-state index in [2.05, 4.69) is 21.6 Å². The maximum Gasteiger partial charge on any atom is 0.323 e. The summed E-state index contributed by atoms with van der Waals surface area (Å²) in [4.78, 5) is 31.2. The van der Waals surface area contributed by atoms with E-state index in [4.69, 9.17) is 5.41 Å². The number of likely N-dealkylation sites (tertiary alicyclic amines) is 1. The van der Waals surface area contributed by atoms with Gasteiger partial charge in [0.25, 0.3) is 5.91 Å². The second kappa shape index (κ2) is 8.29. The van der Waals surface area contributed by atoms with Gasteiger partial charge in [0.05, 0.1) is 11.6 Å². The van der Waals surface area contributed by atoms with Gasteiger partial charge in [-0.3, -0.25) is 20.0 Å². The van der Waals surface area contributed by atoms with Gasteiger partial charge in [0.1, 0.15) is 12.0 Å². The molecule has 0 aliphatic carbocycles. The molecule has 34 heavy (non-hydrogen) atoms. The number of carbonyl (C=O) groups excluding carboxylic acids is 2. The highest BCUT2D eigenvalue weighted by molar-refractivity contribution is 6.22. The first-order valence-electron chi connectivity index (χ1n) is 12.0. The number of amides is 3. The number of hydrogen-bond donors (Lipinski definition) is 3. The van der Waals surface area contributed by atoms with E-state index in [1.807, 2.05) is 47.5 Å². The average molecular weight is 457 g/mol. The topological polar surface area (TPSA) is 91.8 Å². The van der Waals surface area contributed by atoms with Gasteiger partial charge in [0, 0.05) is 48.2 Å². The number of carbonyl (C=O) groups is 2. The van der Waals surface area contributed by atoms with Crippen LogP contribution >= 0.6 is 0 Å². The van der Waals surface area contributed by atoms with E-state index in [1.54, 1.807) is 11.0 Å². The Morgan fingerprint density at radius 1 is 0.912 bits per heavy atom. The number of anilines is 1. The smallest absolute Gasteiger partial charge is 0.323 e. The Bertz CT molecular complexity index is 1170. The molecule has 1 fully saturated rings. The van der Waals surface area contributed by atoms with E-state index in [9.17, 15) is 9.59 Å². The van der Waals surface area contributed by atoms with Crippen LogP contribution in [0.25, 0.3) is 5.57 Å². The first-order chi connectivity index (χ1) is 16.6. The van der Waals surface area contributed by atoms with Crippen LogP contribution in [0, 0.1) is 5.41 Å². The molecule has 8 nitrogen and oxygen atoms in total. The number of hydrogen-bond acceptors (Lipinski definition) is 5. The van der Waals surface area contributed by atoms with E-state index < -0.39 is 0 Å². The van der Waals surface area contributed by atoms with Gasteiger partial charge >= 0.3 is 6.03 Å². The minimum absolute atomic E-state index is 0.0495. The SMILES string of the molecule is N=C1c2ccccc2C(=O)N1CCCCN1CCC(N2C=C3c4ccccc4NC3NC2=O)C1. The number of nitrogens with zero attached hydrogens (tertiary/aromatic N) is 3. The molecule has 6 rings (SSSR count). The van der Waals surface area contributed by atoms with Crippen molar-refractivity contribution in [1.29, 1.82) is 5.41 Å². The van der Waals surface area contributed by atoms with Crippen LogP contribution in [-0.4, -0.2) is 70.9 Å². The largest absolute Gasteiger partial charge is 0.361 e. The highest BCUT2D eigenvalue weighted by Crippen LogP contribution is 2.36. The van der Waals surface area contributed by atoms with Crippen LogP contribution < -0.4 is 10.6 Å². The molecule has 0 aromatic heterocycles. The lowest BCUT2D eigenvalue weighted by Crippen LogP contribution is -2.52. The van der Waals surface area contributed by atoms with Crippen molar-refractivity contribution >= 4 is 29.0 Å². The molecule has 0 saturated carbocycles. The number of para-hydroxylation sites is 1. The highest BCUT2D eigenvalue weighted by Gasteiger charge is 2.38. The fraction of sp³-hybridized carbons (Fsp3) is 0.346. The number of unbranched alkanes of at least 4 members (excludes halogenated alkanes) is 1. The van der Waals surface area contributed by atoms with E-state index >= 15 is 0 Å². The molecular weight excluding hydrogens is 428 g/mol. The van der Waals surface area contributed by atoms with Crippen LogP contribution in [0.3, 0.4) is 0 Å². The summed E-state index contributed by atoms with van der Waals surface area (Å²) in [7, 11) is 0. The zero-order chi connectivity index (χ0) is 23.2. The number of nitrogens with one attached hydrogen (secondary N) is 3. The molecule has 3 amide bonds. The monoisotopic (exact) mass is 456 g/mol. The Morgan fingerprint density at radius 2 is 1.65 bits per heavy atom. The van der Waals surface area contributed by atoms with Crippen molar-refractivity contribution in [2.24, 2.45) is 0 Å². The normalized spacial score (nSPS) is 23.4. The number of benzene rings is 2. The highest BCUT2D eigenvalue weighted by atomic mass is 16.2. The lowest BCUT2D eigenvalue weighted by atomic mass is 10.1. The molecular formula is C26H28N6O2. The van der Waals surface area contributed by atoms with Gasteiger partial charge in [-0.05, 0) is 37.9 Å². The van der Waals surface area contributed by atoms with Gasteiger partial charge in [0.15, 0.2) is 0 Å². The van der Waals surface area contributed by atoms with Crippen LogP contribution in [0.1, 0.15) is 40.7 Å². The van der Waals surface area contributed by atoms with Crippen molar-refractivity contribution < 1.29 is 9.59 Å². The summed E-state index contributed by atoms with van der Waals surface area (Å²) in [5.41, 5.74) is 4.68. The Morgan fingerprint density at radius 3 is 2.47 bits per heavy atom. The fourth-order valence-electron chi connectivity index (χ4n) is 5.51. The van der Waals surface area contributed by atoms with Gasteiger partial charge in [-0.15, -0.1) is 0 Å². The molecule has 4 aliphatic heterocycles. The zero-order valence-corrected chi connectivity index (χ0v) is 19.0. The molecule has 2 aromatic carbocycles. The standard InChI is InChI=1S/C26H28N6O2/c27-23-19-8-1-2-9-20(19)25(33)31(23)13-6-5-12-30-14-11-17(15-30)32-16-21-18-7-3-4-10-22(18)28-24(21)29-26(32)34/h1-4,7-10,16-17,24,27-28H,5-6,11-15H2,(H,29,34). The quantitative estimate of drug-likeness (QED) is 0.583. The summed E-state index contributed by atoms with van der Waals surface area (Å²) in [6.45, 7) is 3.30. The summed E-state index contributed by atoms with van der Waals surface area (Å²) in [6, 6.07) is 15.6. The second-order valence-corrected chi connectivity index (χ2v) is 9.37. The minimum atomic E-state index is -0.156. The van der Waals surface area contributed by atoms with Crippen molar-refractivity contribution in [3.63, 3.8) is 0 Å². The van der Waals surface area contributed by atoms with Crippen molar-refractivity contribution in [3.05, 3.63) is 71.4 Å². The third kappa shape index (κ3) is 3.45. The molecule has 4 aliphatic rings. The van der Waals surface area contributed by atoms with Crippen molar-refractivity contribution in [3.8, 4) is 0 Å². The Labute approximate surface area is 198 Å². The van der Waals surface area contributed by atoms with Gasteiger partial charge < -0.3 is 15.5 Å². The molecule has 1 saturated heterocycles. The van der Waals surface area contributed by atoms with Crippen LogP contribution in [-0.2, 0) is 0 Å². The van der Waals surface area contributed by atoms with E-state index in [0.717, 1.165) is 61.3 Å². The van der Waals surface area contributed by atoms with E-state index in [-0.39, 0.29) is 24.1 Å². The fourth-order valence-corrected chi connectivity index (χ4v) is 5.51. The van der Waals surface area contributed by atoms with Crippen LogP contribution in [0.4, 0.5) is 10.5 Å². The number of fused-ring (bicyclic) bond motifs is 4. The molecule has 0 radical (unpaired) electrons. The molecule has 2 atom stereocenters. The molecule has 4 heterocycles. The molecule has 2 aromatic rings. The molecule has 3 N–H and O–H groups in total. The Hall–Kier alpha value is -3.65. The first kappa shape index (κ1) is 20.9.